The largest absolute Gasteiger partial charge is 0.484 e. The van der Waals surface area contributed by atoms with Crippen LogP contribution in [-0.2, 0) is 4.79 Å². The molecule has 2 heterocycles. The number of piperazine rings is 1. The van der Waals surface area contributed by atoms with Crippen LogP contribution in [0.4, 0.5) is 0 Å². The zero-order valence-corrected chi connectivity index (χ0v) is 15.2. The summed E-state index contributed by atoms with van der Waals surface area (Å²) < 4.78 is 10.8. The van der Waals surface area contributed by atoms with Crippen LogP contribution in [0.15, 0.2) is 47.1 Å². The Bertz CT molecular complexity index is 747. The maximum atomic E-state index is 12.4. The summed E-state index contributed by atoms with van der Waals surface area (Å²) >= 11 is 0. The Balaban J connectivity index is 1.48. The molecule has 0 atom stereocenters. The van der Waals surface area contributed by atoms with E-state index in [1.807, 2.05) is 18.2 Å². The fourth-order valence-corrected chi connectivity index (χ4v) is 2.91. The van der Waals surface area contributed by atoms with Gasteiger partial charge in [0.1, 0.15) is 5.75 Å². The summed E-state index contributed by atoms with van der Waals surface area (Å²) in [5.74, 6) is 1.25. The zero-order chi connectivity index (χ0) is 18.5. The van der Waals surface area contributed by atoms with Crippen LogP contribution in [0, 0.1) is 0 Å². The molecule has 1 aliphatic heterocycles. The molecule has 6 heteroatoms. The second kappa shape index (κ2) is 8.08. The Morgan fingerprint density at radius 3 is 2.46 bits per heavy atom. The van der Waals surface area contributed by atoms with Gasteiger partial charge in [0.05, 0.1) is 6.26 Å². The zero-order valence-electron chi connectivity index (χ0n) is 15.2. The SMILES string of the molecule is CC(C)c1cccc(OCC(=O)N2CCN(C(=O)c3ccco3)CC2)c1. The Labute approximate surface area is 153 Å². The first kappa shape index (κ1) is 18.0. The van der Waals surface area contributed by atoms with Gasteiger partial charge in [-0.3, -0.25) is 9.59 Å². The standard InChI is InChI=1S/C20H24N2O4/c1-15(2)16-5-3-6-17(13-16)26-14-19(23)21-8-10-22(11-9-21)20(24)18-7-4-12-25-18/h3-7,12-13,15H,8-11,14H2,1-2H3. The topological polar surface area (TPSA) is 63.0 Å². The third-order valence-corrected chi connectivity index (χ3v) is 4.54. The number of benzene rings is 1. The van der Waals surface area contributed by atoms with Crippen molar-refractivity contribution in [3.8, 4) is 5.75 Å². The molecule has 0 spiro atoms. The highest BCUT2D eigenvalue weighted by atomic mass is 16.5. The van der Waals surface area contributed by atoms with E-state index in [2.05, 4.69) is 19.9 Å². The highest BCUT2D eigenvalue weighted by Gasteiger charge is 2.26. The van der Waals surface area contributed by atoms with Gasteiger partial charge >= 0.3 is 0 Å². The number of rotatable bonds is 5. The molecule has 1 saturated heterocycles. The molecule has 1 aliphatic rings. The Hall–Kier alpha value is -2.76. The number of nitrogens with zero attached hydrogens (tertiary/aromatic N) is 2. The van der Waals surface area contributed by atoms with Gasteiger partial charge in [0.15, 0.2) is 12.4 Å². The Kier molecular flexibility index (Phi) is 5.61. The highest BCUT2D eigenvalue weighted by Crippen LogP contribution is 2.20. The third kappa shape index (κ3) is 4.25. The summed E-state index contributed by atoms with van der Waals surface area (Å²) in [6.45, 7) is 6.23. The third-order valence-electron chi connectivity index (χ3n) is 4.54. The van der Waals surface area contributed by atoms with Gasteiger partial charge in [-0.25, -0.2) is 0 Å². The fraction of sp³-hybridized carbons (Fsp3) is 0.400. The molecular weight excluding hydrogens is 332 g/mol. The molecule has 1 aromatic heterocycles. The highest BCUT2D eigenvalue weighted by molar-refractivity contribution is 5.91. The van der Waals surface area contributed by atoms with Crippen molar-refractivity contribution in [1.29, 1.82) is 0 Å². The average molecular weight is 356 g/mol. The van der Waals surface area contributed by atoms with Crippen molar-refractivity contribution in [2.75, 3.05) is 32.8 Å². The molecule has 2 amide bonds. The van der Waals surface area contributed by atoms with E-state index in [4.69, 9.17) is 9.15 Å². The summed E-state index contributed by atoms with van der Waals surface area (Å²) in [6, 6.07) is 11.2. The van der Waals surface area contributed by atoms with Crippen LogP contribution in [0.2, 0.25) is 0 Å². The van der Waals surface area contributed by atoms with Crippen LogP contribution < -0.4 is 4.74 Å². The second-order valence-corrected chi connectivity index (χ2v) is 6.67. The van der Waals surface area contributed by atoms with Gasteiger partial charge in [-0.2, -0.15) is 0 Å². The Morgan fingerprint density at radius 2 is 1.81 bits per heavy atom. The molecule has 138 valence electrons. The van der Waals surface area contributed by atoms with Crippen molar-refractivity contribution in [2.24, 2.45) is 0 Å². The van der Waals surface area contributed by atoms with E-state index in [0.717, 1.165) is 0 Å². The number of ether oxygens (including phenoxy) is 1. The van der Waals surface area contributed by atoms with Gasteiger partial charge in [0, 0.05) is 26.2 Å². The summed E-state index contributed by atoms with van der Waals surface area (Å²) in [5.41, 5.74) is 1.18. The van der Waals surface area contributed by atoms with Gasteiger partial charge in [-0.1, -0.05) is 26.0 Å². The second-order valence-electron chi connectivity index (χ2n) is 6.67. The molecule has 0 radical (unpaired) electrons. The molecule has 0 N–H and O–H groups in total. The van der Waals surface area contributed by atoms with Crippen LogP contribution in [0.5, 0.6) is 5.75 Å². The van der Waals surface area contributed by atoms with Crippen molar-refractivity contribution in [1.82, 2.24) is 9.80 Å². The smallest absolute Gasteiger partial charge is 0.289 e. The van der Waals surface area contributed by atoms with Gasteiger partial charge < -0.3 is 19.0 Å². The minimum absolute atomic E-state index is 0.00762. The summed E-state index contributed by atoms with van der Waals surface area (Å²) in [7, 11) is 0. The maximum Gasteiger partial charge on any atom is 0.289 e. The number of hydrogen-bond donors (Lipinski definition) is 0. The van der Waals surface area contributed by atoms with E-state index in [1.165, 1.54) is 11.8 Å². The van der Waals surface area contributed by atoms with E-state index in [-0.39, 0.29) is 18.4 Å². The summed E-state index contributed by atoms with van der Waals surface area (Å²) in [6.07, 6.45) is 1.48. The van der Waals surface area contributed by atoms with Gasteiger partial charge in [0.25, 0.3) is 11.8 Å². The van der Waals surface area contributed by atoms with Crippen molar-refractivity contribution in [3.63, 3.8) is 0 Å². The fourth-order valence-electron chi connectivity index (χ4n) is 2.91. The maximum absolute atomic E-state index is 12.4. The first-order valence-electron chi connectivity index (χ1n) is 8.88. The summed E-state index contributed by atoms with van der Waals surface area (Å²) in [4.78, 5) is 28.1. The minimum Gasteiger partial charge on any atom is -0.484 e. The molecule has 3 rings (SSSR count). The van der Waals surface area contributed by atoms with Gasteiger partial charge in [0.2, 0.25) is 0 Å². The molecule has 0 saturated carbocycles. The van der Waals surface area contributed by atoms with E-state index in [1.54, 1.807) is 21.9 Å². The van der Waals surface area contributed by atoms with Crippen molar-refractivity contribution >= 4 is 11.8 Å². The molecule has 2 aromatic rings. The number of furan rings is 1. The minimum atomic E-state index is -0.135. The van der Waals surface area contributed by atoms with Crippen molar-refractivity contribution in [3.05, 3.63) is 54.0 Å². The normalized spacial score (nSPS) is 14.6. The lowest BCUT2D eigenvalue weighted by Gasteiger charge is -2.34. The van der Waals surface area contributed by atoms with E-state index < -0.39 is 0 Å². The number of hydrogen-bond acceptors (Lipinski definition) is 4. The lowest BCUT2D eigenvalue weighted by molar-refractivity contribution is -0.134. The predicted molar refractivity (Wildman–Crippen MR) is 97.2 cm³/mol. The van der Waals surface area contributed by atoms with Gasteiger partial charge in [-0.05, 0) is 35.7 Å². The molecule has 0 aliphatic carbocycles. The van der Waals surface area contributed by atoms with Crippen LogP contribution in [0.3, 0.4) is 0 Å². The molecular formula is C20H24N2O4. The van der Waals surface area contributed by atoms with E-state index >= 15 is 0 Å². The van der Waals surface area contributed by atoms with Gasteiger partial charge in [-0.15, -0.1) is 0 Å². The van der Waals surface area contributed by atoms with Crippen LogP contribution in [-0.4, -0.2) is 54.4 Å². The van der Waals surface area contributed by atoms with Crippen LogP contribution >= 0.6 is 0 Å². The lowest BCUT2D eigenvalue weighted by Crippen LogP contribution is -2.51. The van der Waals surface area contributed by atoms with Crippen molar-refractivity contribution in [2.45, 2.75) is 19.8 Å². The molecule has 1 aromatic carbocycles. The molecule has 26 heavy (non-hydrogen) atoms. The van der Waals surface area contributed by atoms with E-state index in [9.17, 15) is 9.59 Å². The number of amides is 2. The molecule has 0 unspecified atom stereocenters. The quantitative estimate of drug-likeness (QED) is 0.826. The summed E-state index contributed by atoms with van der Waals surface area (Å²) in [5, 5.41) is 0. The molecule has 1 fully saturated rings. The molecule has 0 bridgehead atoms. The average Bonchev–Trinajstić information content (AvgIpc) is 3.20. The lowest BCUT2D eigenvalue weighted by atomic mass is 10.0. The van der Waals surface area contributed by atoms with Crippen molar-refractivity contribution < 1.29 is 18.7 Å². The number of carbonyl (C=O) groups excluding carboxylic acids is 2. The monoisotopic (exact) mass is 356 g/mol. The number of carbonyl (C=O) groups is 2. The first-order valence-corrected chi connectivity index (χ1v) is 8.88. The Morgan fingerprint density at radius 1 is 1.08 bits per heavy atom. The van der Waals surface area contributed by atoms with Crippen LogP contribution in [0.1, 0.15) is 35.9 Å². The molecule has 6 nitrogen and oxygen atoms in total. The first-order chi connectivity index (χ1) is 12.5. The predicted octanol–water partition coefficient (Wildman–Crippen LogP) is 2.77. The van der Waals surface area contributed by atoms with Crippen LogP contribution in [0.25, 0.3) is 0 Å². The van der Waals surface area contributed by atoms with E-state index in [0.29, 0.717) is 43.6 Å².